The summed E-state index contributed by atoms with van der Waals surface area (Å²) in [5, 5.41) is 29.4. The molecular weight excluding hydrogens is 292 g/mol. The molecule has 0 unspecified atom stereocenters. The molecule has 1 amide bonds. The first-order chi connectivity index (χ1) is 10.4. The molecule has 3 aliphatic heterocycles. The second kappa shape index (κ2) is 5.27. The van der Waals surface area contributed by atoms with Crippen LogP contribution in [0.2, 0.25) is 0 Å². The highest BCUT2D eigenvalue weighted by molar-refractivity contribution is 5.94. The fraction of sp³-hybridized carbons (Fsp3) is 0.769. The van der Waals surface area contributed by atoms with Crippen molar-refractivity contribution in [3.05, 3.63) is 11.5 Å². The average molecular weight is 314 g/mol. The van der Waals surface area contributed by atoms with Crippen LogP contribution in [-0.4, -0.2) is 106 Å². The Kier molecular flexibility index (Phi) is 3.68. The number of aliphatic hydroxyl groups is 3. The van der Waals surface area contributed by atoms with Crippen molar-refractivity contribution < 1.29 is 24.9 Å². The fourth-order valence-corrected chi connectivity index (χ4v) is 3.30. The molecule has 9 nitrogen and oxygen atoms in total. The van der Waals surface area contributed by atoms with E-state index < -0.39 is 24.5 Å². The lowest BCUT2D eigenvalue weighted by atomic mass is 10.1. The minimum atomic E-state index is -1.16. The molecule has 4 atom stereocenters. The lowest BCUT2D eigenvalue weighted by Gasteiger charge is -2.38. The Bertz CT molecular complexity index is 513. The zero-order valence-corrected chi connectivity index (χ0v) is 12.9. The van der Waals surface area contributed by atoms with Crippen molar-refractivity contribution in [2.75, 3.05) is 41.1 Å². The molecule has 22 heavy (non-hydrogen) atoms. The van der Waals surface area contributed by atoms with Crippen LogP contribution >= 0.6 is 0 Å². The molecule has 3 heterocycles. The number of amides is 1. The van der Waals surface area contributed by atoms with E-state index in [-0.39, 0.29) is 12.5 Å². The van der Waals surface area contributed by atoms with Gasteiger partial charge in [-0.15, -0.1) is 0 Å². The van der Waals surface area contributed by atoms with E-state index in [0.717, 1.165) is 0 Å². The van der Waals surface area contributed by atoms with Crippen molar-refractivity contribution in [1.29, 1.82) is 0 Å². The van der Waals surface area contributed by atoms with Crippen molar-refractivity contribution in [1.82, 2.24) is 19.6 Å². The molecule has 0 aromatic heterocycles. The summed E-state index contributed by atoms with van der Waals surface area (Å²) in [7, 11) is 5.37. The van der Waals surface area contributed by atoms with Crippen molar-refractivity contribution in [3.63, 3.8) is 0 Å². The summed E-state index contributed by atoms with van der Waals surface area (Å²) in [5.41, 5.74) is 0.536. The number of aliphatic hydroxyl groups excluding tert-OH is 3. The summed E-state index contributed by atoms with van der Waals surface area (Å²) >= 11 is 0. The summed E-state index contributed by atoms with van der Waals surface area (Å²) in [6.45, 7) is 0.416. The van der Waals surface area contributed by atoms with Gasteiger partial charge in [0.05, 0.1) is 19.9 Å². The van der Waals surface area contributed by atoms with Crippen LogP contribution < -0.4 is 0 Å². The lowest BCUT2D eigenvalue weighted by molar-refractivity contribution is -0.130. The molecule has 9 heteroatoms. The van der Waals surface area contributed by atoms with E-state index in [1.54, 1.807) is 28.8 Å². The molecule has 0 aromatic carbocycles. The highest BCUT2D eigenvalue weighted by atomic mass is 16.6. The van der Waals surface area contributed by atoms with Crippen molar-refractivity contribution in [2.45, 2.75) is 24.5 Å². The van der Waals surface area contributed by atoms with E-state index in [1.807, 2.05) is 11.9 Å². The Labute approximate surface area is 128 Å². The quantitative estimate of drug-likeness (QED) is 0.501. The van der Waals surface area contributed by atoms with Crippen LogP contribution in [-0.2, 0) is 9.53 Å². The summed E-state index contributed by atoms with van der Waals surface area (Å²) < 4.78 is 5.59. The minimum Gasteiger partial charge on any atom is -0.394 e. The standard InChI is InChI=1S/C13H22N4O5/c1-14-6-17(13-10(20)9(19)7(4-18)22-13)11-8(14)12(21)16(3)5-15(11)2/h7,9-10,13,18-20H,4-6H2,1-3H3/t7-,9-,10-,13-/m1/s1. The number of nitrogens with zero attached hydrogens (tertiary/aromatic N) is 4. The highest BCUT2D eigenvalue weighted by Crippen LogP contribution is 2.35. The maximum Gasteiger partial charge on any atom is 0.275 e. The number of carbonyl (C=O) groups is 1. The van der Waals surface area contributed by atoms with Crippen LogP contribution in [0, 0.1) is 0 Å². The normalized spacial score (nSPS) is 35.8. The van der Waals surface area contributed by atoms with E-state index in [0.29, 0.717) is 24.9 Å². The molecule has 0 aromatic rings. The van der Waals surface area contributed by atoms with E-state index in [9.17, 15) is 20.1 Å². The molecule has 3 aliphatic rings. The Morgan fingerprint density at radius 3 is 2.36 bits per heavy atom. The summed E-state index contributed by atoms with van der Waals surface area (Å²) in [6, 6.07) is 0. The van der Waals surface area contributed by atoms with E-state index in [4.69, 9.17) is 4.74 Å². The second-order valence-electron chi connectivity index (χ2n) is 6.05. The van der Waals surface area contributed by atoms with Gasteiger partial charge >= 0.3 is 0 Å². The second-order valence-corrected chi connectivity index (χ2v) is 6.05. The van der Waals surface area contributed by atoms with Crippen LogP contribution in [0.3, 0.4) is 0 Å². The predicted molar refractivity (Wildman–Crippen MR) is 74.7 cm³/mol. The predicted octanol–water partition coefficient (Wildman–Crippen LogP) is -2.84. The lowest BCUT2D eigenvalue weighted by Crippen LogP contribution is -2.49. The number of hydrogen-bond acceptors (Lipinski definition) is 8. The largest absolute Gasteiger partial charge is 0.394 e. The van der Waals surface area contributed by atoms with Gasteiger partial charge in [0.1, 0.15) is 29.8 Å². The third-order valence-corrected chi connectivity index (χ3v) is 4.39. The van der Waals surface area contributed by atoms with Crippen LogP contribution in [0.15, 0.2) is 11.5 Å². The summed E-state index contributed by atoms with van der Waals surface area (Å²) in [5.74, 6) is 0.574. The zero-order valence-electron chi connectivity index (χ0n) is 12.9. The third-order valence-electron chi connectivity index (χ3n) is 4.39. The molecular formula is C13H22N4O5. The number of rotatable bonds is 2. The van der Waals surface area contributed by atoms with Gasteiger partial charge in [-0.2, -0.15) is 0 Å². The zero-order chi connectivity index (χ0) is 16.2. The maximum absolute atomic E-state index is 12.4. The van der Waals surface area contributed by atoms with Gasteiger partial charge in [0.25, 0.3) is 5.91 Å². The monoisotopic (exact) mass is 314 g/mol. The molecule has 1 saturated heterocycles. The van der Waals surface area contributed by atoms with Gasteiger partial charge in [-0.25, -0.2) is 0 Å². The highest BCUT2D eigenvalue weighted by Gasteiger charge is 2.50. The van der Waals surface area contributed by atoms with Gasteiger partial charge < -0.3 is 39.7 Å². The van der Waals surface area contributed by atoms with Gasteiger partial charge in [-0.3, -0.25) is 4.79 Å². The Morgan fingerprint density at radius 1 is 1.09 bits per heavy atom. The first-order valence-electron chi connectivity index (χ1n) is 7.18. The van der Waals surface area contributed by atoms with E-state index in [1.165, 1.54) is 0 Å². The number of ether oxygens (including phenoxy) is 1. The third kappa shape index (κ3) is 2.04. The molecule has 1 fully saturated rings. The van der Waals surface area contributed by atoms with Crippen LogP contribution in [0.1, 0.15) is 0 Å². The summed E-state index contributed by atoms with van der Waals surface area (Å²) in [4.78, 5) is 19.4. The molecule has 0 bridgehead atoms. The first kappa shape index (κ1) is 15.3. The van der Waals surface area contributed by atoms with Gasteiger partial charge in [0, 0.05) is 21.1 Å². The first-order valence-corrected chi connectivity index (χ1v) is 7.18. The van der Waals surface area contributed by atoms with Crippen molar-refractivity contribution in [3.8, 4) is 0 Å². The molecule has 3 rings (SSSR count). The van der Waals surface area contributed by atoms with Gasteiger partial charge in [-0.1, -0.05) is 0 Å². The summed E-state index contributed by atoms with van der Waals surface area (Å²) in [6.07, 6.45) is -3.94. The smallest absolute Gasteiger partial charge is 0.275 e. The molecule has 3 N–H and O–H groups in total. The fourth-order valence-electron chi connectivity index (χ4n) is 3.30. The van der Waals surface area contributed by atoms with Crippen molar-refractivity contribution in [2.24, 2.45) is 0 Å². The maximum atomic E-state index is 12.4. The molecule has 0 radical (unpaired) electrons. The number of carbonyl (C=O) groups excluding carboxylic acids is 1. The van der Waals surface area contributed by atoms with Crippen LogP contribution in [0.4, 0.5) is 0 Å². The average Bonchev–Trinajstić information content (AvgIpc) is 2.96. The molecule has 0 spiro atoms. The number of likely N-dealkylation sites (N-methyl/N-ethyl adjacent to an activating group) is 2. The molecule has 0 saturated carbocycles. The van der Waals surface area contributed by atoms with Gasteiger partial charge in [0.15, 0.2) is 6.23 Å². The number of hydrogen-bond donors (Lipinski definition) is 3. The Morgan fingerprint density at radius 2 is 1.77 bits per heavy atom. The van der Waals surface area contributed by atoms with Gasteiger partial charge in [-0.05, 0) is 0 Å². The van der Waals surface area contributed by atoms with Crippen molar-refractivity contribution >= 4 is 5.91 Å². The van der Waals surface area contributed by atoms with Gasteiger partial charge in [0.2, 0.25) is 0 Å². The molecule has 124 valence electrons. The van der Waals surface area contributed by atoms with E-state index in [2.05, 4.69) is 0 Å². The van der Waals surface area contributed by atoms with Crippen LogP contribution in [0.25, 0.3) is 0 Å². The minimum absolute atomic E-state index is 0.0927. The molecule has 0 aliphatic carbocycles. The Balaban J connectivity index is 1.93. The SMILES string of the molecule is CN1CN(C)C2=C(C1=O)N(C)CN2[C@@H]1O[C@H](CO)[C@@H](O)[C@H]1O. The van der Waals surface area contributed by atoms with Crippen LogP contribution in [0.5, 0.6) is 0 Å². The Hall–Kier alpha value is -1.55. The van der Waals surface area contributed by atoms with E-state index >= 15 is 0 Å². The topological polar surface area (TPSA) is 100.0 Å².